The molecule has 0 atom stereocenters. The Hall–Kier alpha value is -2.74. The van der Waals surface area contributed by atoms with Crippen molar-refractivity contribution in [1.29, 1.82) is 0 Å². The number of benzene rings is 3. The molecule has 0 spiro atoms. The largest absolute Gasteiger partial charge is 0.497 e. The quantitative estimate of drug-likeness (QED) is 0.625. The number of hydrogen-bond donors (Lipinski definition) is 0. The van der Waals surface area contributed by atoms with Crippen molar-refractivity contribution in [3.8, 4) is 11.5 Å². The number of ether oxygens (including phenoxy) is 2. The summed E-state index contributed by atoms with van der Waals surface area (Å²) >= 11 is 0. The van der Waals surface area contributed by atoms with Gasteiger partial charge in [-0.1, -0.05) is 54.6 Å². The summed E-state index contributed by atoms with van der Waals surface area (Å²) < 4.78 is 10.5. The van der Waals surface area contributed by atoms with Gasteiger partial charge in [0.25, 0.3) is 0 Å². The van der Waals surface area contributed by atoms with Crippen LogP contribution in [0.4, 0.5) is 0 Å². The van der Waals surface area contributed by atoms with E-state index in [9.17, 15) is 0 Å². The van der Waals surface area contributed by atoms with Gasteiger partial charge in [-0.05, 0) is 41.0 Å². The van der Waals surface area contributed by atoms with Crippen LogP contribution in [-0.4, -0.2) is 14.2 Å². The summed E-state index contributed by atoms with van der Waals surface area (Å²) in [6, 6.07) is 27.1. The molecule has 0 saturated carbocycles. The Morgan fingerprint density at radius 2 is 0.913 bits per heavy atom. The lowest BCUT2D eigenvalue weighted by Crippen LogP contribution is -2.03. The molecular weight excluding hydrogens is 284 g/mol. The van der Waals surface area contributed by atoms with E-state index in [0.29, 0.717) is 0 Å². The van der Waals surface area contributed by atoms with Crippen LogP contribution in [0.1, 0.15) is 22.6 Å². The molecule has 0 aliphatic heterocycles. The molecule has 0 N–H and O–H groups in total. The third-order valence-corrected chi connectivity index (χ3v) is 4.03. The summed E-state index contributed by atoms with van der Waals surface area (Å²) in [7, 11) is 3.38. The lowest BCUT2D eigenvalue weighted by Gasteiger charge is -2.19. The van der Waals surface area contributed by atoms with Crippen LogP contribution in [-0.2, 0) is 0 Å². The SMILES string of the molecule is COc1ccc(C(c2ccccc2)c2ccc(OC)cc2)cc1. The molecule has 3 aromatic rings. The molecule has 0 fully saturated rings. The molecule has 116 valence electrons. The van der Waals surface area contributed by atoms with E-state index in [0.717, 1.165) is 11.5 Å². The van der Waals surface area contributed by atoms with Crippen molar-refractivity contribution < 1.29 is 9.47 Å². The highest BCUT2D eigenvalue weighted by Crippen LogP contribution is 2.33. The molecule has 3 aromatic carbocycles. The lowest BCUT2D eigenvalue weighted by molar-refractivity contribution is 0.414. The van der Waals surface area contributed by atoms with E-state index in [1.54, 1.807) is 14.2 Å². The van der Waals surface area contributed by atoms with E-state index in [2.05, 4.69) is 48.5 Å². The van der Waals surface area contributed by atoms with Crippen LogP contribution in [0, 0.1) is 0 Å². The molecule has 2 nitrogen and oxygen atoms in total. The predicted molar refractivity (Wildman–Crippen MR) is 93.4 cm³/mol. The highest BCUT2D eigenvalue weighted by Gasteiger charge is 2.16. The van der Waals surface area contributed by atoms with Gasteiger partial charge in [0.1, 0.15) is 11.5 Å². The van der Waals surface area contributed by atoms with E-state index >= 15 is 0 Å². The Balaban J connectivity index is 2.05. The van der Waals surface area contributed by atoms with Crippen molar-refractivity contribution in [1.82, 2.24) is 0 Å². The van der Waals surface area contributed by atoms with Crippen molar-refractivity contribution in [3.05, 3.63) is 95.6 Å². The maximum absolute atomic E-state index is 5.27. The predicted octanol–water partition coefficient (Wildman–Crippen LogP) is 4.88. The van der Waals surface area contributed by atoms with Gasteiger partial charge in [0.05, 0.1) is 14.2 Å². The Morgan fingerprint density at radius 3 is 1.30 bits per heavy atom. The normalized spacial score (nSPS) is 10.6. The third kappa shape index (κ3) is 3.37. The second kappa shape index (κ2) is 7.01. The molecule has 0 heterocycles. The zero-order chi connectivity index (χ0) is 16.1. The number of rotatable bonds is 5. The summed E-state index contributed by atoms with van der Waals surface area (Å²) in [5.41, 5.74) is 3.74. The Kier molecular flexibility index (Phi) is 4.62. The van der Waals surface area contributed by atoms with E-state index in [-0.39, 0.29) is 5.92 Å². The molecule has 0 aliphatic carbocycles. The average Bonchev–Trinajstić information content (AvgIpc) is 2.64. The van der Waals surface area contributed by atoms with Gasteiger partial charge in [0.15, 0.2) is 0 Å². The second-order valence-corrected chi connectivity index (χ2v) is 5.39. The van der Waals surface area contributed by atoms with Crippen molar-refractivity contribution >= 4 is 0 Å². The fraction of sp³-hybridized carbons (Fsp3) is 0.143. The Bertz CT molecular complexity index is 684. The monoisotopic (exact) mass is 304 g/mol. The standard InChI is InChI=1S/C21H20O2/c1-22-19-12-8-17(9-13-19)21(16-6-4-3-5-7-16)18-10-14-20(23-2)15-11-18/h3-15,21H,1-2H3. The minimum absolute atomic E-state index is 0.188. The molecule has 0 amide bonds. The molecule has 0 saturated heterocycles. The maximum atomic E-state index is 5.27. The van der Waals surface area contributed by atoms with E-state index in [1.165, 1.54) is 16.7 Å². The van der Waals surface area contributed by atoms with Gasteiger partial charge in [-0.3, -0.25) is 0 Å². The van der Waals surface area contributed by atoms with Crippen molar-refractivity contribution in [2.75, 3.05) is 14.2 Å². The molecule has 0 aromatic heterocycles. The molecule has 0 bridgehead atoms. The van der Waals surface area contributed by atoms with E-state index < -0.39 is 0 Å². The first-order valence-corrected chi connectivity index (χ1v) is 7.64. The van der Waals surface area contributed by atoms with Crippen molar-refractivity contribution in [2.45, 2.75) is 5.92 Å². The maximum Gasteiger partial charge on any atom is 0.118 e. The fourth-order valence-electron chi connectivity index (χ4n) is 2.82. The molecule has 3 rings (SSSR count). The smallest absolute Gasteiger partial charge is 0.118 e. The number of hydrogen-bond acceptors (Lipinski definition) is 2. The number of methoxy groups -OCH3 is 2. The Morgan fingerprint density at radius 1 is 0.522 bits per heavy atom. The first-order valence-electron chi connectivity index (χ1n) is 7.64. The van der Waals surface area contributed by atoms with Gasteiger partial charge in [-0.15, -0.1) is 0 Å². The molecular formula is C21H20O2. The topological polar surface area (TPSA) is 18.5 Å². The second-order valence-electron chi connectivity index (χ2n) is 5.39. The van der Waals surface area contributed by atoms with Crippen LogP contribution >= 0.6 is 0 Å². The molecule has 0 aliphatic rings. The van der Waals surface area contributed by atoms with Gasteiger partial charge >= 0.3 is 0 Å². The third-order valence-electron chi connectivity index (χ3n) is 4.03. The van der Waals surface area contributed by atoms with Gasteiger partial charge in [-0.25, -0.2) is 0 Å². The van der Waals surface area contributed by atoms with Gasteiger partial charge in [-0.2, -0.15) is 0 Å². The summed E-state index contributed by atoms with van der Waals surface area (Å²) in [6.07, 6.45) is 0. The molecule has 23 heavy (non-hydrogen) atoms. The fourth-order valence-corrected chi connectivity index (χ4v) is 2.82. The van der Waals surface area contributed by atoms with E-state index in [4.69, 9.17) is 9.47 Å². The summed E-state index contributed by atoms with van der Waals surface area (Å²) in [6.45, 7) is 0. The lowest BCUT2D eigenvalue weighted by atomic mass is 9.85. The Labute approximate surface area is 137 Å². The molecule has 0 radical (unpaired) electrons. The molecule has 0 unspecified atom stereocenters. The summed E-state index contributed by atoms with van der Waals surface area (Å²) in [5.74, 6) is 1.93. The minimum Gasteiger partial charge on any atom is -0.497 e. The summed E-state index contributed by atoms with van der Waals surface area (Å²) in [5, 5.41) is 0. The van der Waals surface area contributed by atoms with E-state index in [1.807, 2.05) is 30.3 Å². The highest BCUT2D eigenvalue weighted by atomic mass is 16.5. The van der Waals surface area contributed by atoms with Gasteiger partial charge in [0.2, 0.25) is 0 Å². The van der Waals surface area contributed by atoms with Crippen LogP contribution in [0.5, 0.6) is 11.5 Å². The van der Waals surface area contributed by atoms with Crippen LogP contribution in [0.3, 0.4) is 0 Å². The van der Waals surface area contributed by atoms with Gasteiger partial charge in [0, 0.05) is 5.92 Å². The van der Waals surface area contributed by atoms with Crippen molar-refractivity contribution in [3.63, 3.8) is 0 Å². The van der Waals surface area contributed by atoms with Crippen LogP contribution in [0.25, 0.3) is 0 Å². The zero-order valence-electron chi connectivity index (χ0n) is 13.4. The van der Waals surface area contributed by atoms with Crippen LogP contribution in [0.15, 0.2) is 78.9 Å². The average molecular weight is 304 g/mol. The first kappa shape index (κ1) is 15.2. The highest BCUT2D eigenvalue weighted by molar-refractivity contribution is 5.45. The zero-order valence-corrected chi connectivity index (χ0v) is 13.4. The van der Waals surface area contributed by atoms with Crippen molar-refractivity contribution in [2.24, 2.45) is 0 Å². The van der Waals surface area contributed by atoms with Gasteiger partial charge < -0.3 is 9.47 Å². The molecule has 2 heteroatoms. The first-order chi connectivity index (χ1) is 11.3. The van der Waals surface area contributed by atoms with Crippen LogP contribution in [0.2, 0.25) is 0 Å². The van der Waals surface area contributed by atoms with Crippen LogP contribution < -0.4 is 9.47 Å². The minimum atomic E-state index is 0.188. The summed E-state index contributed by atoms with van der Waals surface area (Å²) in [4.78, 5) is 0.